The number of aryl methyl sites for hydroxylation is 1. The molecule has 1 N–H and O–H groups in total. The van der Waals surface area contributed by atoms with Crippen molar-refractivity contribution in [2.24, 2.45) is 0 Å². The Bertz CT molecular complexity index is 639. The van der Waals surface area contributed by atoms with E-state index in [1.54, 1.807) is 0 Å². The minimum absolute atomic E-state index is 0.118. The van der Waals surface area contributed by atoms with Gasteiger partial charge in [0.1, 0.15) is 5.15 Å². The van der Waals surface area contributed by atoms with Crippen molar-refractivity contribution in [1.29, 1.82) is 0 Å². The van der Waals surface area contributed by atoms with E-state index in [1.165, 1.54) is 0 Å². The van der Waals surface area contributed by atoms with E-state index in [9.17, 15) is 0 Å². The number of rotatable bonds is 3. The molecule has 2 aromatic rings. The highest BCUT2D eigenvalue weighted by Gasteiger charge is 2.07. The van der Waals surface area contributed by atoms with E-state index in [4.69, 9.17) is 11.6 Å². The zero-order chi connectivity index (χ0) is 14.8. The molecule has 1 aromatic heterocycles. The van der Waals surface area contributed by atoms with Crippen LogP contribution in [0.3, 0.4) is 0 Å². The summed E-state index contributed by atoms with van der Waals surface area (Å²) in [6.45, 7) is 9.30. The predicted octanol–water partition coefficient (Wildman–Crippen LogP) is 4.60. The molecule has 1 aromatic carbocycles. The molecule has 0 atom stereocenters. The number of aromatic nitrogens is 1. The maximum atomic E-state index is 6.26. The maximum absolute atomic E-state index is 6.26. The minimum Gasteiger partial charge on any atom is -0.309 e. The van der Waals surface area contributed by atoms with E-state index in [0.29, 0.717) is 5.15 Å². The second-order valence-corrected chi connectivity index (χ2v) is 6.41. The van der Waals surface area contributed by atoms with Gasteiger partial charge >= 0.3 is 0 Å². The zero-order valence-electron chi connectivity index (χ0n) is 12.5. The van der Waals surface area contributed by atoms with E-state index in [0.717, 1.165) is 28.6 Å². The lowest BCUT2D eigenvalue weighted by atomic mass is 10.1. The normalized spacial score (nSPS) is 12.4. The van der Waals surface area contributed by atoms with Gasteiger partial charge in [-0.25, -0.2) is 4.98 Å². The minimum atomic E-state index is 0.118. The summed E-state index contributed by atoms with van der Waals surface area (Å²) in [5.74, 6) is 0. The lowest BCUT2D eigenvalue weighted by Crippen LogP contribution is -2.35. The van der Waals surface area contributed by atoms with Crippen LogP contribution in [-0.4, -0.2) is 17.1 Å². The number of fused-ring (bicyclic) bond motifs is 1. The fourth-order valence-electron chi connectivity index (χ4n) is 2.01. The molecule has 0 amide bonds. The van der Waals surface area contributed by atoms with Crippen molar-refractivity contribution in [1.82, 2.24) is 10.3 Å². The summed E-state index contributed by atoms with van der Waals surface area (Å²) in [4.78, 5) is 4.50. The van der Waals surface area contributed by atoms with Crippen LogP contribution < -0.4 is 5.32 Å². The van der Waals surface area contributed by atoms with Gasteiger partial charge < -0.3 is 5.32 Å². The first-order valence-corrected chi connectivity index (χ1v) is 7.22. The van der Waals surface area contributed by atoms with Crippen LogP contribution in [0.15, 0.2) is 30.3 Å². The summed E-state index contributed by atoms with van der Waals surface area (Å²) >= 11 is 6.26. The third kappa shape index (κ3) is 3.81. The molecular weight excluding hydrogens is 268 g/mol. The van der Waals surface area contributed by atoms with Crippen molar-refractivity contribution in [2.75, 3.05) is 6.54 Å². The maximum Gasteiger partial charge on any atom is 0.136 e. The molecule has 0 saturated carbocycles. The fraction of sp³-hybridized carbons (Fsp3) is 0.353. The smallest absolute Gasteiger partial charge is 0.136 e. The first kappa shape index (κ1) is 15.0. The third-order valence-corrected chi connectivity index (χ3v) is 3.38. The number of hydrogen-bond acceptors (Lipinski definition) is 2. The van der Waals surface area contributed by atoms with Crippen LogP contribution in [0.2, 0.25) is 5.15 Å². The Balaban J connectivity index is 2.22. The standard InChI is InChI=1S/C17H21ClN2/c1-12-7-5-8-13-11-14(16(18)20-15(12)13)9-6-10-19-17(2,3)4/h5-9,11,19H,10H2,1-4H3. The molecule has 0 aliphatic heterocycles. The molecule has 1 heterocycles. The van der Waals surface area contributed by atoms with Crippen molar-refractivity contribution in [3.63, 3.8) is 0 Å². The van der Waals surface area contributed by atoms with Crippen molar-refractivity contribution < 1.29 is 0 Å². The molecule has 0 unspecified atom stereocenters. The van der Waals surface area contributed by atoms with Gasteiger partial charge in [0.2, 0.25) is 0 Å². The first-order valence-electron chi connectivity index (χ1n) is 6.84. The summed E-state index contributed by atoms with van der Waals surface area (Å²) in [7, 11) is 0. The molecule has 0 bridgehead atoms. The van der Waals surface area contributed by atoms with Gasteiger partial charge in [-0.1, -0.05) is 42.0 Å². The molecule has 2 rings (SSSR count). The molecule has 2 nitrogen and oxygen atoms in total. The molecule has 3 heteroatoms. The van der Waals surface area contributed by atoms with Gasteiger partial charge in [-0.2, -0.15) is 0 Å². The van der Waals surface area contributed by atoms with E-state index in [2.05, 4.69) is 62.3 Å². The highest BCUT2D eigenvalue weighted by molar-refractivity contribution is 6.31. The van der Waals surface area contributed by atoms with Crippen LogP contribution in [-0.2, 0) is 0 Å². The number of halogens is 1. The average Bonchev–Trinajstić information content (AvgIpc) is 2.35. The summed E-state index contributed by atoms with van der Waals surface area (Å²) in [5, 5.41) is 5.09. The van der Waals surface area contributed by atoms with Crippen LogP contribution in [0.4, 0.5) is 0 Å². The van der Waals surface area contributed by atoms with E-state index in [-0.39, 0.29) is 5.54 Å². The SMILES string of the molecule is Cc1cccc2cc(C=CCNC(C)(C)C)c(Cl)nc12. The summed E-state index contributed by atoms with van der Waals surface area (Å²) in [5.41, 5.74) is 3.20. The molecular formula is C17H21ClN2. The second-order valence-electron chi connectivity index (χ2n) is 6.05. The van der Waals surface area contributed by atoms with Gasteiger partial charge in [-0.3, -0.25) is 0 Å². The zero-order valence-corrected chi connectivity index (χ0v) is 13.3. The molecule has 20 heavy (non-hydrogen) atoms. The average molecular weight is 289 g/mol. The predicted molar refractivity (Wildman–Crippen MR) is 88.3 cm³/mol. The van der Waals surface area contributed by atoms with Crippen molar-refractivity contribution in [3.8, 4) is 0 Å². The van der Waals surface area contributed by atoms with Gasteiger partial charge in [0, 0.05) is 23.0 Å². The highest BCUT2D eigenvalue weighted by Crippen LogP contribution is 2.23. The Morgan fingerprint density at radius 1 is 1.30 bits per heavy atom. The number of nitrogens with zero attached hydrogens (tertiary/aromatic N) is 1. The molecule has 0 fully saturated rings. The molecule has 0 aliphatic carbocycles. The number of hydrogen-bond donors (Lipinski definition) is 1. The number of nitrogens with one attached hydrogen (secondary N) is 1. The molecule has 0 spiro atoms. The van der Waals surface area contributed by atoms with Crippen LogP contribution in [0, 0.1) is 6.92 Å². The van der Waals surface area contributed by atoms with Gasteiger partial charge in [-0.15, -0.1) is 0 Å². The summed E-state index contributed by atoms with van der Waals surface area (Å²) in [6.07, 6.45) is 4.10. The Kier molecular flexibility index (Phi) is 4.46. The van der Waals surface area contributed by atoms with E-state index in [1.807, 2.05) is 12.1 Å². The molecule has 0 radical (unpaired) electrons. The largest absolute Gasteiger partial charge is 0.309 e. The number of para-hydroxylation sites is 1. The van der Waals surface area contributed by atoms with Crippen LogP contribution in [0.25, 0.3) is 17.0 Å². The van der Waals surface area contributed by atoms with Gasteiger partial charge in [0.15, 0.2) is 0 Å². The molecule has 0 aliphatic rings. The Morgan fingerprint density at radius 2 is 2.05 bits per heavy atom. The van der Waals surface area contributed by atoms with Gasteiger partial charge in [-0.05, 0) is 39.3 Å². The number of benzene rings is 1. The Hall–Kier alpha value is -1.38. The van der Waals surface area contributed by atoms with Crippen LogP contribution in [0.5, 0.6) is 0 Å². The lowest BCUT2D eigenvalue weighted by molar-refractivity contribution is 0.450. The lowest BCUT2D eigenvalue weighted by Gasteiger charge is -2.18. The number of pyridine rings is 1. The Labute approximate surface area is 125 Å². The Morgan fingerprint density at radius 3 is 2.75 bits per heavy atom. The van der Waals surface area contributed by atoms with Gasteiger partial charge in [0.05, 0.1) is 5.52 Å². The van der Waals surface area contributed by atoms with Crippen molar-refractivity contribution >= 4 is 28.6 Å². The van der Waals surface area contributed by atoms with E-state index < -0.39 is 0 Å². The van der Waals surface area contributed by atoms with Crippen molar-refractivity contribution in [3.05, 3.63) is 46.6 Å². The van der Waals surface area contributed by atoms with E-state index >= 15 is 0 Å². The topological polar surface area (TPSA) is 24.9 Å². The molecule has 0 saturated heterocycles. The fourth-order valence-corrected chi connectivity index (χ4v) is 2.21. The van der Waals surface area contributed by atoms with Gasteiger partial charge in [0.25, 0.3) is 0 Å². The summed E-state index contributed by atoms with van der Waals surface area (Å²) in [6, 6.07) is 8.25. The first-order chi connectivity index (χ1) is 9.37. The monoisotopic (exact) mass is 288 g/mol. The van der Waals surface area contributed by atoms with Crippen LogP contribution >= 0.6 is 11.6 Å². The molecule has 106 valence electrons. The highest BCUT2D eigenvalue weighted by atomic mass is 35.5. The quantitative estimate of drug-likeness (QED) is 0.835. The van der Waals surface area contributed by atoms with Crippen molar-refractivity contribution in [2.45, 2.75) is 33.2 Å². The summed E-state index contributed by atoms with van der Waals surface area (Å²) < 4.78 is 0. The third-order valence-electron chi connectivity index (χ3n) is 3.08. The van der Waals surface area contributed by atoms with Crippen LogP contribution in [0.1, 0.15) is 31.9 Å². The second kappa shape index (κ2) is 5.94.